The standard InChI is InChI=1S/C26H15N3S2/c1-3-9-20-17(6-1)25-24(23-18-7-2-4-10-21(18)30-26(23)31-25)29(20)22-11-5-8-19(28-22)16-12-14-27-15-13-16/h1-15H. The van der Waals surface area contributed by atoms with Gasteiger partial charge in [0.25, 0.3) is 0 Å². The Morgan fingerprint density at radius 2 is 1.52 bits per heavy atom. The maximum atomic E-state index is 5.08. The largest absolute Gasteiger partial charge is 0.292 e. The predicted octanol–water partition coefficient (Wildman–Crippen LogP) is 7.67. The lowest BCUT2D eigenvalue weighted by molar-refractivity contribution is 1.09. The third-order valence-electron chi connectivity index (χ3n) is 5.76. The number of hydrogen-bond donors (Lipinski definition) is 0. The zero-order valence-electron chi connectivity index (χ0n) is 16.3. The second-order valence-electron chi connectivity index (χ2n) is 7.51. The molecule has 31 heavy (non-hydrogen) atoms. The van der Waals surface area contributed by atoms with Crippen LogP contribution in [0.2, 0.25) is 0 Å². The Morgan fingerprint density at radius 3 is 2.42 bits per heavy atom. The second kappa shape index (κ2) is 6.48. The average molecular weight is 434 g/mol. The third-order valence-corrected chi connectivity index (χ3v) is 8.23. The van der Waals surface area contributed by atoms with Gasteiger partial charge in [0.1, 0.15) is 5.82 Å². The number of thiophene rings is 2. The summed E-state index contributed by atoms with van der Waals surface area (Å²) >= 11 is 3.78. The number of hydrogen-bond acceptors (Lipinski definition) is 4. The Bertz CT molecular complexity index is 1740. The summed E-state index contributed by atoms with van der Waals surface area (Å²) in [5.41, 5.74) is 4.48. The fourth-order valence-corrected chi connectivity index (χ4v) is 7.11. The first kappa shape index (κ1) is 17.2. The number of aromatic nitrogens is 3. The van der Waals surface area contributed by atoms with Crippen LogP contribution in [0.25, 0.3) is 57.7 Å². The molecule has 7 aromatic rings. The van der Waals surface area contributed by atoms with Gasteiger partial charge in [-0.1, -0.05) is 42.5 Å². The summed E-state index contributed by atoms with van der Waals surface area (Å²) in [4.78, 5) is 9.22. The SMILES string of the molecule is c1cc(-c2ccncc2)nc(-n2c3ccccc3c3sc4sc5ccccc5c4c32)c1. The number of benzene rings is 2. The van der Waals surface area contributed by atoms with E-state index in [4.69, 9.17) is 4.98 Å². The zero-order valence-corrected chi connectivity index (χ0v) is 18.0. The number of para-hydroxylation sites is 1. The molecule has 7 rings (SSSR count). The van der Waals surface area contributed by atoms with Gasteiger partial charge in [0.05, 0.1) is 25.4 Å². The Morgan fingerprint density at radius 1 is 0.710 bits per heavy atom. The Balaban J connectivity index is 1.63. The molecular weight excluding hydrogens is 418 g/mol. The van der Waals surface area contributed by atoms with Gasteiger partial charge in [-0.3, -0.25) is 9.55 Å². The van der Waals surface area contributed by atoms with Crippen molar-refractivity contribution >= 4 is 63.3 Å². The van der Waals surface area contributed by atoms with Crippen LogP contribution in [0, 0.1) is 0 Å². The van der Waals surface area contributed by atoms with Gasteiger partial charge in [0, 0.05) is 38.8 Å². The lowest BCUT2D eigenvalue weighted by atomic mass is 10.2. The van der Waals surface area contributed by atoms with E-state index in [1.54, 1.807) is 0 Å². The molecule has 0 aliphatic carbocycles. The minimum atomic E-state index is 0.940. The summed E-state index contributed by atoms with van der Waals surface area (Å²) in [5, 5.41) is 3.95. The molecule has 0 spiro atoms. The lowest BCUT2D eigenvalue weighted by Gasteiger charge is -2.09. The van der Waals surface area contributed by atoms with E-state index in [2.05, 4.69) is 76.3 Å². The fourth-order valence-electron chi connectivity index (χ4n) is 4.42. The van der Waals surface area contributed by atoms with Gasteiger partial charge >= 0.3 is 0 Å². The van der Waals surface area contributed by atoms with E-state index in [1.807, 2.05) is 47.2 Å². The molecule has 0 saturated heterocycles. The molecule has 5 heterocycles. The van der Waals surface area contributed by atoms with Crippen molar-refractivity contribution < 1.29 is 0 Å². The number of fused-ring (bicyclic) bond motifs is 7. The molecule has 0 N–H and O–H groups in total. The first-order valence-corrected chi connectivity index (χ1v) is 11.7. The Kier molecular flexibility index (Phi) is 3.59. The van der Waals surface area contributed by atoms with Crippen LogP contribution in [-0.2, 0) is 0 Å². The van der Waals surface area contributed by atoms with Gasteiger partial charge in [0.2, 0.25) is 0 Å². The van der Waals surface area contributed by atoms with E-state index in [0.29, 0.717) is 0 Å². The van der Waals surface area contributed by atoms with Crippen LogP contribution in [0.15, 0.2) is 91.3 Å². The molecule has 5 heteroatoms. The highest BCUT2D eigenvalue weighted by molar-refractivity contribution is 7.45. The van der Waals surface area contributed by atoms with Gasteiger partial charge < -0.3 is 0 Å². The second-order valence-corrected chi connectivity index (χ2v) is 9.84. The molecule has 2 aromatic carbocycles. The predicted molar refractivity (Wildman–Crippen MR) is 133 cm³/mol. The molecule has 0 aliphatic heterocycles. The highest BCUT2D eigenvalue weighted by Crippen LogP contribution is 2.48. The number of rotatable bonds is 2. The summed E-state index contributed by atoms with van der Waals surface area (Å²) in [7, 11) is 0. The van der Waals surface area contributed by atoms with Crippen LogP contribution in [0.4, 0.5) is 0 Å². The van der Waals surface area contributed by atoms with Crippen molar-refractivity contribution in [3.05, 3.63) is 91.3 Å². The van der Waals surface area contributed by atoms with Crippen LogP contribution in [0.5, 0.6) is 0 Å². The van der Waals surface area contributed by atoms with E-state index in [-0.39, 0.29) is 0 Å². The summed E-state index contributed by atoms with van der Waals surface area (Å²) < 4.78 is 6.38. The van der Waals surface area contributed by atoms with E-state index < -0.39 is 0 Å². The molecule has 0 bridgehead atoms. The monoisotopic (exact) mass is 433 g/mol. The van der Waals surface area contributed by atoms with E-state index >= 15 is 0 Å². The van der Waals surface area contributed by atoms with Gasteiger partial charge in [0.15, 0.2) is 0 Å². The van der Waals surface area contributed by atoms with Crippen LogP contribution >= 0.6 is 22.7 Å². The maximum absolute atomic E-state index is 5.08. The maximum Gasteiger partial charge on any atom is 0.138 e. The molecule has 146 valence electrons. The lowest BCUT2D eigenvalue weighted by Crippen LogP contribution is -1.98. The summed E-state index contributed by atoms with van der Waals surface area (Å²) in [6.45, 7) is 0. The molecule has 0 radical (unpaired) electrons. The summed E-state index contributed by atoms with van der Waals surface area (Å²) in [6, 6.07) is 27.6. The van der Waals surface area contributed by atoms with Crippen LogP contribution in [0.3, 0.4) is 0 Å². The van der Waals surface area contributed by atoms with Gasteiger partial charge in [-0.05, 0) is 36.4 Å². The topological polar surface area (TPSA) is 30.7 Å². The first-order valence-electron chi connectivity index (χ1n) is 10.1. The van der Waals surface area contributed by atoms with E-state index in [0.717, 1.165) is 17.1 Å². The van der Waals surface area contributed by atoms with Crippen molar-refractivity contribution in [3.63, 3.8) is 0 Å². The van der Waals surface area contributed by atoms with Crippen molar-refractivity contribution in [3.8, 4) is 17.1 Å². The third kappa shape index (κ3) is 2.45. The molecule has 5 aromatic heterocycles. The minimum Gasteiger partial charge on any atom is -0.292 e. The van der Waals surface area contributed by atoms with Crippen molar-refractivity contribution in [1.29, 1.82) is 0 Å². The van der Waals surface area contributed by atoms with Crippen LogP contribution < -0.4 is 0 Å². The normalized spacial score (nSPS) is 11.9. The number of pyridine rings is 2. The summed E-state index contributed by atoms with van der Waals surface area (Å²) in [5.74, 6) is 0.940. The smallest absolute Gasteiger partial charge is 0.138 e. The molecule has 0 aliphatic rings. The molecule has 0 unspecified atom stereocenters. The Hall–Kier alpha value is -3.54. The Labute approximate surface area is 185 Å². The van der Waals surface area contributed by atoms with Gasteiger partial charge in [-0.15, -0.1) is 22.7 Å². The summed E-state index contributed by atoms with van der Waals surface area (Å²) in [6.07, 6.45) is 3.62. The van der Waals surface area contributed by atoms with Gasteiger partial charge in [-0.25, -0.2) is 4.98 Å². The highest BCUT2D eigenvalue weighted by atomic mass is 32.2. The first-order chi connectivity index (χ1) is 15.4. The molecule has 0 atom stereocenters. The highest BCUT2D eigenvalue weighted by Gasteiger charge is 2.21. The molecule has 0 fully saturated rings. The molecule has 0 amide bonds. The van der Waals surface area contributed by atoms with Crippen LogP contribution in [0.1, 0.15) is 0 Å². The van der Waals surface area contributed by atoms with Crippen molar-refractivity contribution in [2.75, 3.05) is 0 Å². The van der Waals surface area contributed by atoms with Gasteiger partial charge in [-0.2, -0.15) is 0 Å². The van der Waals surface area contributed by atoms with E-state index in [1.165, 1.54) is 40.6 Å². The molecule has 0 saturated carbocycles. The van der Waals surface area contributed by atoms with Crippen molar-refractivity contribution in [2.45, 2.75) is 0 Å². The minimum absolute atomic E-state index is 0.940. The quantitative estimate of drug-likeness (QED) is 0.280. The van der Waals surface area contributed by atoms with Crippen molar-refractivity contribution in [2.24, 2.45) is 0 Å². The average Bonchev–Trinajstić information content (AvgIpc) is 3.46. The molecular formula is C26H15N3S2. The number of nitrogens with zero attached hydrogens (tertiary/aromatic N) is 3. The van der Waals surface area contributed by atoms with Crippen LogP contribution in [-0.4, -0.2) is 14.5 Å². The van der Waals surface area contributed by atoms with E-state index in [9.17, 15) is 0 Å². The zero-order chi connectivity index (χ0) is 20.4. The van der Waals surface area contributed by atoms with Crippen molar-refractivity contribution in [1.82, 2.24) is 14.5 Å². The molecule has 3 nitrogen and oxygen atoms in total. The fraction of sp³-hybridized carbons (Fsp3) is 0.